The van der Waals surface area contributed by atoms with Crippen LogP contribution in [0.25, 0.3) is 0 Å². The highest BCUT2D eigenvalue weighted by atomic mass is 32.2. The lowest BCUT2D eigenvalue weighted by atomic mass is 9.74. The molecule has 1 N–H and O–H groups in total. The zero-order chi connectivity index (χ0) is 18.3. The lowest BCUT2D eigenvalue weighted by Crippen LogP contribution is -2.50. The summed E-state index contributed by atoms with van der Waals surface area (Å²) in [6.45, 7) is 5.74. The summed E-state index contributed by atoms with van der Waals surface area (Å²) in [7, 11) is -4.32. The fourth-order valence-electron chi connectivity index (χ4n) is 3.20. The summed E-state index contributed by atoms with van der Waals surface area (Å²) < 4.78 is 65.6. The van der Waals surface area contributed by atoms with Crippen LogP contribution in [-0.2, 0) is 16.2 Å². The highest BCUT2D eigenvalue weighted by molar-refractivity contribution is 7.89. The largest absolute Gasteiger partial charge is 0.417 e. The number of hydrogen-bond donors (Lipinski definition) is 1. The Balaban J connectivity index is 2.34. The molecule has 2 rings (SSSR count). The molecular weight excluding hydrogens is 343 g/mol. The van der Waals surface area contributed by atoms with E-state index >= 15 is 0 Å². The summed E-state index contributed by atoms with van der Waals surface area (Å²) in [6.07, 6.45) is -5.27. The van der Waals surface area contributed by atoms with Crippen LogP contribution in [0.1, 0.15) is 32.8 Å². The second-order valence-electron chi connectivity index (χ2n) is 7.19. The van der Waals surface area contributed by atoms with Crippen LogP contribution in [0.3, 0.4) is 0 Å². The number of β-amino-alcohol motifs (C(OH)–C–C–N with tert-alkyl or cyclic N) is 1. The fourth-order valence-corrected chi connectivity index (χ4v) is 4.88. The maximum atomic E-state index is 13.1. The Labute approximate surface area is 140 Å². The molecule has 0 saturated carbocycles. The Morgan fingerprint density at radius 2 is 1.75 bits per heavy atom. The molecular formula is C16H22F3NO3S. The Hall–Kier alpha value is -1.12. The van der Waals surface area contributed by atoms with Gasteiger partial charge in [0.15, 0.2) is 0 Å². The zero-order valence-corrected chi connectivity index (χ0v) is 14.7. The molecule has 0 radical (unpaired) electrons. The predicted octanol–water partition coefficient (Wildman–Crippen LogP) is 3.12. The van der Waals surface area contributed by atoms with Gasteiger partial charge in [-0.2, -0.15) is 17.5 Å². The topological polar surface area (TPSA) is 57.6 Å². The molecule has 1 fully saturated rings. The van der Waals surface area contributed by atoms with Crippen molar-refractivity contribution in [3.05, 3.63) is 29.8 Å². The van der Waals surface area contributed by atoms with Crippen molar-refractivity contribution in [2.75, 3.05) is 13.1 Å². The smallest absolute Gasteiger partial charge is 0.391 e. The number of nitrogens with zero attached hydrogens (tertiary/aromatic N) is 1. The minimum Gasteiger partial charge on any atom is -0.391 e. The average Bonchev–Trinajstić information content (AvgIpc) is 2.45. The van der Waals surface area contributed by atoms with Crippen LogP contribution in [0.4, 0.5) is 13.2 Å². The number of sulfonamides is 1. The molecule has 1 aromatic rings. The maximum Gasteiger partial charge on any atom is 0.417 e. The molecule has 0 bridgehead atoms. The van der Waals surface area contributed by atoms with E-state index in [0.717, 1.165) is 22.5 Å². The number of benzene rings is 1. The van der Waals surface area contributed by atoms with Gasteiger partial charge in [-0.15, -0.1) is 0 Å². The van der Waals surface area contributed by atoms with Crippen molar-refractivity contribution in [2.45, 2.75) is 44.4 Å². The number of halogens is 3. The first-order valence-electron chi connectivity index (χ1n) is 7.69. The van der Waals surface area contributed by atoms with E-state index < -0.39 is 32.8 Å². The lowest BCUT2D eigenvalue weighted by molar-refractivity contribution is -0.139. The van der Waals surface area contributed by atoms with Gasteiger partial charge in [-0.05, 0) is 29.9 Å². The zero-order valence-electron chi connectivity index (χ0n) is 13.8. The van der Waals surface area contributed by atoms with Crippen molar-refractivity contribution >= 4 is 10.0 Å². The number of aliphatic hydroxyl groups excluding tert-OH is 1. The molecule has 0 aromatic heterocycles. The molecule has 1 saturated heterocycles. The van der Waals surface area contributed by atoms with Crippen molar-refractivity contribution in [3.63, 3.8) is 0 Å². The molecule has 4 nitrogen and oxygen atoms in total. The number of hydrogen-bond acceptors (Lipinski definition) is 3. The second-order valence-corrected chi connectivity index (χ2v) is 9.09. The monoisotopic (exact) mass is 365 g/mol. The molecule has 1 heterocycles. The molecule has 8 heteroatoms. The standard InChI is InChI=1S/C16H22F3NO3S/c1-15(2,3)11-8-9-20(10-13(11)21)24(22,23)14-7-5-4-6-12(14)16(17,18)19/h4-7,11,13,21H,8-10H2,1-3H3. The normalized spacial score (nSPS) is 24.1. The molecule has 24 heavy (non-hydrogen) atoms. The molecule has 0 spiro atoms. The van der Waals surface area contributed by atoms with Gasteiger partial charge in [0, 0.05) is 13.1 Å². The van der Waals surface area contributed by atoms with Gasteiger partial charge < -0.3 is 5.11 Å². The van der Waals surface area contributed by atoms with Gasteiger partial charge >= 0.3 is 6.18 Å². The van der Waals surface area contributed by atoms with E-state index in [2.05, 4.69) is 0 Å². The quantitative estimate of drug-likeness (QED) is 0.876. The third-order valence-electron chi connectivity index (χ3n) is 4.47. The molecule has 136 valence electrons. The summed E-state index contributed by atoms with van der Waals surface area (Å²) in [5, 5.41) is 10.3. The second kappa shape index (κ2) is 6.31. The highest BCUT2D eigenvalue weighted by Crippen LogP contribution is 2.38. The van der Waals surface area contributed by atoms with Gasteiger partial charge in [-0.3, -0.25) is 0 Å². The number of aliphatic hydroxyl groups is 1. The van der Waals surface area contributed by atoms with Crippen LogP contribution in [0.15, 0.2) is 29.2 Å². The molecule has 2 atom stereocenters. The van der Waals surface area contributed by atoms with Crippen molar-refractivity contribution < 1.29 is 26.7 Å². The van der Waals surface area contributed by atoms with Crippen molar-refractivity contribution in [1.82, 2.24) is 4.31 Å². The van der Waals surface area contributed by atoms with Crippen LogP contribution < -0.4 is 0 Å². The van der Waals surface area contributed by atoms with Crippen LogP contribution in [0, 0.1) is 11.3 Å². The fraction of sp³-hybridized carbons (Fsp3) is 0.625. The van der Waals surface area contributed by atoms with Gasteiger partial charge in [-0.25, -0.2) is 8.42 Å². The van der Waals surface area contributed by atoms with Gasteiger partial charge in [0.05, 0.1) is 16.6 Å². The van der Waals surface area contributed by atoms with Crippen molar-refractivity contribution in [1.29, 1.82) is 0 Å². The highest BCUT2D eigenvalue weighted by Gasteiger charge is 2.43. The van der Waals surface area contributed by atoms with E-state index in [9.17, 15) is 26.7 Å². The van der Waals surface area contributed by atoms with Crippen LogP contribution in [0.2, 0.25) is 0 Å². The van der Waals surface area contributed by atoms with Crippen LogP contribution in [-0.4, -0.2) is 37.0 Å². The van der Waals surface area contributed by atoms with E-state index in [1.807, 2.05) is 20.8 Å². The number of alkyl halides is 3. The molecule has 1 aromatic carbocycles. The first-order chi connectivity index (χ1) is 10.8. The van der Waals surface area contributed by atoms with Crippen LogP contribution >= 0.6 is 0 Å². The Morgan fingerprint density at radius 3 is 2.25 bits per heavy atom. The van der Waals surface area contributed by atoms with Gasteiger partial charge in [-0.1, -0.05) is 32.9 Å². The van der Waals surface area contributed by atoms with Crippen molar-refractivity contribution in [2.24, 2.45) is 11.3 Å². The van der Waals surface area contributed by atoms with E-state index in [-0.39, 0.29) is 24.4 Å². The molecule has 0 amide bonds. The Kier molecular flexibility index (Phi) is 5.05. The minimum atomic E-state index is -4.76. The van der Waals surface area contributed by atoms with E-state index in [4.69, 9.17) is 0 Å². The molecule has 2 unspecified atom stereocenters. The minimum absolute atomic E-state index is 0.0908. The molecule has 1 aliphatic heterocycles. The Morgan fingerprint density at radius 1 is 1.17 bits per heavy atom. The SMILES string of the molecule is CC(C)(C)C1CCN(S(=O)(=O)c2ccccc2C(F)(F)F)CC1O. The molecule has 1 aliphatic rings. The van der Waals surface area contributed by atoms with Crippen molar-refractivity contribution in [3.8, 4) is 0 Å². The summed E-state index contributed by atoms with van der Waals surface area (Å²) >= 11 is 0. The summed E-state index contributed by atoms with van der Waals surface area (Å²) in [5.41, 5.74) is -1.39. The molecule has 0 aliphatic carbocycles. The number of rotatable bonds is 2. The third kappa shape index (κ3) is 3.75. The van der Waals surface area contributed by atoms with Gasteiger partial charge in [0.1, 0.15) is 0 Å². The first-order valence-corrected chi connectivity index (χ1v) is 9.13. The Bertz CT molecular complexity index is 695. The first kappa shape index (κ1) is 19.2. The van der Waals surface area contributed by atoms with E-state index in [1.54, 1.807) is 0 Å². The summed E-state index contributed by atoms with van der Waals surface area (Å²) in [6, 6.07) is 4.13. The van der Waals surface area contributed by atoms with Crippen LogP contribution in [0.5, 0.6) is 0 Å². The van der Waals surface area contributed by atoms with E-state index in [0.29, 0.717) is 6.42 Å². The van der Waals surface area contributed by atoms with Gasteiger partial charge in [0.25, 0.3) is 0 Å². The third-order valence-corrected chi connectivity index (χ3v) is 6.39. The lowest BCUT2D eigenvalue weighted by Gasteiger charge is -2.41. The van der Waals surface area contributed by atoms with E-state index in [1.165, 1.54) is 6.07 Å². The van der Waals surface area contributed by atoms with Gasteiger partial charge in [0.2, 0.25) is 10.0 Å². The summed E-state index contributed by atoms with van der Waals surface area (Å²) in [4.78, 5) is -0.765. The summed E-state index contributed by atoms with van der Waals surface area (Å²) in [5.74, 6) is -0.109. The average molecular weight is 365 g/mol. The predicted molar refractivity (Wildman–Crippen MR) is 83.8 cm³/mol. The number of piperidine rings is 1. The maximum absolute atomic E-state index is 13.1.